The maximum atomic E-state index is 11.4. The van der Waals surface area contributed by atoms with Gasteiger partial charge in [-0.25, -0.2) is 0 Å². The van der Waals surface area contributed by atoms with Crippen LogP contribution in [0.5, 0.6) is 5.75 Å². The highest BCUT2D eigenvalue weighted by Crippen LogP contribution is 2.23. The van der Waals surface area contributed by atoms with Crippen molar-refractivity contribution in [2.24, 2.45) is 5.73 Å². The fourth-order valence-electron chi connectivity index (χ4n) is 2.32. The van der Waals surface area contributed by atoms with Crippen molar-refractivity contribution < 1.29 is 9.53 Å². The average molecular weight is 285 g/mol. The highest BCUT2D eigenvalue weighted by atomic mass is 16.5. The number of para-hydroxylation sites is 1. The first-order chi connectivity index (χ1) is 10.2. The molecule has 21 heavy (non-hydrogen) atoms. The zero-order valence-electron chi connectivity index (χ0n) is 11.8. The number of hydrogen-bond donors (Lipinski definition) is 2. The van der Waals surface area contributed by atoms with Crippen molar-refractivity contribution in [3.63, 3.8) is 0 Å². The number of aromatic nitrogens is 1. The van der Waals surface area contributed by atoms with Crippen molar-refractivity contribution >= 4 is 16.8 Å². The molecule has 1 saturated carbocycles. The van der Waals surface area contributed by atoms with Gasteiger partial charge in [-0.1, -0.05) is 18.2 Å². The third-order valence-corrected chi connectivity index (χ3v) is 3.62. The van der Waals surface area contributed by atoms with E-state index in [9.17, 15) is 4.79 Å². The lowest BCUT2D eigenvalue weighted by molar-refractivity contribution is -0.120. The number of hydrogen-bond acceptors (Lipinski definition) is 4. The Morgan fingerprint density at radius 1 is 1.38 bits per heavy atom. The molecule has 0 spiro atoms. The maximum absolute atomic E-state index is 11.4. The summed E-state index contributed by atoms with van der Waals surface area (Å²) < 4.78 is 5.79. The predicted molar refractivity (Wildman–Crippen MR) is 81.0 cm³/mol. The lowest BCUT2D eigenvalue weighted by Gasteiger charge is -2.15. The smallest absolute Gasteiger partial charge is 0.234 e. The molecule has 1 unspecified atom stereocenters. The van der Waals surface area contributed by atoms with Gasteiger partial charge in [-0.15, -0.1) is 0 Å². The Bertz CT molecular complexity index is 635. The molecule has 2 aromatic rings. The highest BCUT2D eigenvalue weighted by Gasteiger charge is 2.27. The highest BCUT2D eigenvalue weighted by molar-refractivity contribution is 5.84. The van der Waals surface area contributed by atoms with Gasteiger partial charge in [0.1, 0.15) is 11.3 Å². The van der Waals surface area contributed by atoms with E-state index in [0.717, 1.165) is 29.5 Å². The van der Waals surface area contributed by atoms with Gasteiger partial charge >= 0.3 is 0 Å². The van der Waals surface area contributed by atoms with Crippen LogP contribution < -0.4 is 15.8 Å². The molecular weight excluding hydrogens is 266 g/mol. The number of rotatable bonds is 7. The van der Waals surface area contributed by atoms with Crippen molar-refractivity contribution in [2.75, 3.05) is 6.61 Å². The van der Waals surface area contributed by atoms with E-state index < -0.39 is 0 Å². The molecule has 1 aliphatic carbocycles. The first-order valence-corrected chi connectivity index (χ1v) is 7.26. The average Bonchev–Trinajstić information content (AvgIpc) is 3.30. The summed E-state index contributed by atoms with van der Waals surface area (Å²) in [7, 11) is 0. The summed E-state index contributed by atoms with van der Waals surface area (Å²) in [5.41, 5.74) is 6.25. The molecule has 3 N–H and O–H groups in total. The molecule has 5 heteroatoms. The van der Waals surface area contributed by atoms with Crippen LogP contribution in [0.15, 0.2) is 36.5 Å². The van der Waals surface area contributed by atoms with Crippen LogP contribution in [-0.4, -0.2) is 29.6 Å². The summed E-state index contributed by atoms with van der Waals surface area (Å²) >= 11 is 0. The van der Waals surface area contributed by atoms with Crippen LogP contribution in [0.2, 0.25) is 0 Å². The molecule has 1 aliphatic rings. The van der Waals surface area contributed by atoms with Gasteiger partial charge in [0.05, 0.1) is 12.6 Å². The molecule has 0 saturated heterocycles. The number of carbonyl (C=O) groups excluding carboxylic acids is 1. The Morgan fingerprint density at radius 2 is 2.19 bits per heavy atom. The van der Waals surface area contributed by atoms with Gasteiger partial charge in [0.15, 0.2) is 0 Å². The lowest BCUT2D eigenvalue weighted by atomic mass is 10.2. The molecule has 0 aliphatic heterocycles. The second kappa shape index (κ2) is 6.10. The molecule has 1 fully saturated rings. The first kappa shape index (κ1) is 13.8. The van der Waals surface area contributed by atoms with E-state index in [1.807, 2.05) is 30.3 Å². The van der Waals surface area contributed by atoms with Crippen molar-refractivity contribution in [1.82, 2.24) is 10.3 Å². The summed E-state index contributed by atoms with van der Waals surface area (Å²) in [6.45, 7) is 0.434. The third kappa shape index (κ3) is 3.49. The van der Waals surface area contributed by atoms with E-state index in [0.29, 0.717) is 19.1 Å². The van der Waals surface area contributed by atoms with Crippen LogP contribution in [0, 0.1) is 0 Å². The maximum Gasteiger partial charge on any atom is 0.234 e. The molecule has 1 aromatic heterocycles. The number of benzene rings is 1. The van der Waals surface area contributed by atoms with Gasteiger partial charge < -0.3 is 15.8 Å². The van der Waals surface area contributed by atoms with Crippen LogP contribution in [0.1, 0.15) is 19.3 Å². The van der Waals surface area contributed by atoms with Gasteiger partial charge in [0.2, 0.25) is 5.91 Å². The largest absolute Gasteiger partial charge is 0.491 e. The van der Waals surface area contributed by atoms with E-state index in [4.69, 9.17) is 10.5 Å². The normalized spacial score (nSPS) is 15.8. The van der Waals surface area contributed by atoms with Gasteiger partial charge in [0, 0.05) is 24.0 Å². The number of carbonyl (C=O) groups is 1. The second-order valence-electron chi connectivity index (χ2n) is 5.36. The van der Waals surface area contributed by atoms with Gasteiger partial charge in [-0.05, 0) is 25.0 Å². The molecular formula is C16H19N3O2. The van der Waals surface area contributed by atoms with E-state index in [1.165, 1.54) is 0 Å². The molecule has 1 atom stereocenters. The van der Waals surface area contributed by atoms with E-state index in [1.54, 1.807) is 6.20 Å². The number of nitrogens with one attached hydrogen (secondary N) is 1. The molecule has 1 aromatic carbocycles. The number of nitrogens with zero attached hydrogens (tertiary/aromatic N) is 1. The number of amides is 1. The minimum atomic E-state index is -0.319. The zero-order valence-corrected chi connectivity index (χ0v) is 11.8. The number of primary amides is 1. The van der Waals surface area contributed by atoms with Crippen molar-refractivity contribution in [3.8, 4) is 5.75 Å². The zero-order chi connectivity index (χ0) is 14.7. The third-order valence-electron chi connectivity index (χ3n) is 3.62. The molecule has 1 amide bonds. The van der Waals surface area contributed by atoms with Crippen LogP contribution in [0.25, 0.3) is 10.9 Å². The van der Waals surface area contributed by atoms with Crippen molar-refractivity contribution in [2.45, 2.75) is 31.3 Å². The minimum Gasteiger partial charge on any atom is -0.491 e. The van der Waals surface area contributed by atoms with Gasteiger partial charge in [0.25, 0.3) is 0 Å². The summed E-state index contributed by atoms with van der Waals surface area (Å²) in [4.78, 5) is 15.7. The van der Waals surface area contributed by atoms with Crippen LogP contribution in [0.3, 0.4) is 0 Å². The molecule has 0 radical (unpaired) electrons. The fraction of sp³-hybridized carbons (Fsp3) is 0.375. The Labute approximate surface area is 123 Å². The number of pyridine rings is 1. The fourth-order valence-corrected chi connectivity index (χ4v) is 2.32. The Balaban J connectivity index is 1.61. The van der Waals surface area contributed by atoms with Crippen LogP contribution >= 0.6 is 0 Å². The van der Waals surface area contributed by atoms with Crippen molar-refractivity contribution in [3.05, 3.63) is 36.5 Å². The lowest BCUT2D eigenvalue weighted by Crippen LogP contribution is -2.43. The number of nitrogens with two attached hydrogens (primary N) is 1. The number of ether oxygens (including phenoxy) is 1. The standard InChI is InChI=1S/C16H19N3O2/c17-16(20)13(19-12-6-7-12)8-10-21-14-5-1-3-11-4-2-9-18-15(11)14/h1-5,9,12-13,19H,6-8,10H2,(H2,17,20). The van der Waals surface area contributed by atoms with Gasteiger partial charge in [-0.3, -0.25) is 9.78 Å². The summed E-state index contributed by atoms with van der Waals surface area (Å²) in [6.07, 6.45) is 4.56. The summed E-state index contributed by atoms with van der Waals surface area (Å²) in [5.74, 6) is 0.421. The molecule has 1 heterocycles. The van der Waals surface area contributed by atoms with E-state index in [-0.39, 0.29) is 11.9 Å². The van der Waals surface area contributed by atoms with E-state index in [2.05, 4.69) is 10.3 Å². The molecule has 110 valence electrons. The Hall–Kier alpha value is -2.14. The SMILES string of the molecule is NC(=O)C(CCOc1cccc2cccnc12)NC1CC1. The van der Waals surface area contributed by atoms with Crippen molar-refractivity contribution in [1.29, 1.82) is 0 Å². The molecule has 0 bridgehead atoms. The monoisotopic (exact) mass is 285 g/mol. The Morgan fingerprint density at radius 3 is 2.95 bits per heavy atom. The van der Waals surface area contributed by atoms with Crippen LogP contribution in [0.4, 0.5) is 0 Å². The molecule has 3 rings (SSSR count). The first-order valence-electron chi connectivity index (χ1n) is 7.26. The number of fused-ring (bicyclic) bond motifs is 1. The quantitative estimate of drug-likeness (QED) is 0.810. The topological polar surface area (TPSA) is 77.2 Å². The Kier molecular flexibility index (Phi) is 4.01. The second-order valence-corrected chi connectivity index (χ2v) is 5.36. The van der Waals surface area contributed by atoms with E-state index >= 15 is 0 Å². The summed E-state index contributed by atoms with van der Waals surface area (Å²) in [5, 5.41) is 4.28. The van der Waals surface area contributed by atoms with Gasteiger partial charge in [-0.2, -0.15) is 0 Å². The summed E-state index contributed by atoms with van der Waals surface area (Å²) in [6, 6.07) is 9.85. The molecule has 5 nitrogen and oxygen atoms in total. The van der Waals surface area contributed by atoms with Crippen LogP contribution in [-0.2, 0) is 4.79 Å². The minimum absolute atomic E-state index is 0.318. The predicted octanol–water partition coefficient (Wildman–Crippen LogP) is 1.61.